The van der Waals surface area contributed by atoms with Crippen LogP contribution in [0.2, 0.25) is 0 Å². The zero-order chi connectivity index (χ0) is 17.2. The molecule has 2 N–H and O–H groups in total. The van der Waals surface area contributed by atoms with Crippen molar-refractivity contribution in [2.45, 2.75) is 6.54 Å². The van der Waals surface area contributed by atoms with E-state index in [9.17, 15) is 4.79 Å². The van der Waals surface area contributed by atoms with Crippen LogP contribution in [-0.2, 0) is 6.54 Å². The second kappa shape index (κ2) is 6.57. The Morgan fingerprint density at radius 1 is 1.12 bits per heavy atom. The molecule has 2 heterocycles. The summed E-state index contributed by atoms with van der Waals surface area (Å²) < 4.78 is 2.57. The molecule has 0 unspecified atom stereocenters. The van der Waals surface area contributed by atoms with Gasteiger partial charge in [-0.2, -0.15) is 5.10 Å². The predicted molar refractivity (Wildman–Crippen MR) is 101 cm³/mol. The lowest BCUT2D eigenvalue weighted by molar-refractivity contribution is 0.0946. The molecule has 124 valence electrons. The number of carbonyl (C=O) groups is 1. The molecule has 0 saturated heterocycles. The molecule has 0 aliphatic carbocycles. The average molecular weight is 395 g/mol. The number of amides is 1. The fourth-order valence-corrected chi connectivity index (χ4v) is 3.33. The van der Waals surface area contributed by atoms with Crippen molar-refractivity contribution in [3.63, 3.8) is 0 Å². The standard InChI is InChI=1S/C19H15BrN4O/c20-17-15-8-4-5-9-16(15)23-18(17)19(25)21-10-13-11-22-24(12-13)14-6-2-1-3-7-14/h1-9,11-12,23H,10H2,(H,21,25). The molecule has 4 rings (SSSR count). The monoisotopic (exact) mass is 394 g/mol. The number of nitrogens with one attached hydrogen (secondary N) is 2. The van der Waals surface area contributed by atoms with Gasteiger partial charge in [-0.3, -0.25) is 4.79 Å². The molecule has 0 aliphatic heterocycles. The molecule has 25 heavy (non-hydrogen) atoms. The number of aromatic amines is 1. The van der Waals surface area contributed by atoms with Gasteiger partial charge >= 0.3 is 0 Å². The Balaban J connectivity index is 1.48. The summed E-state index contributed by atoms with van der Waals surface area (Å²) >= 11 is 3.50. The van der Waals surface area contributed by atoms with Crippen molar-refractivity contribution in [1.29, 1.82) is 0 Å². The van der Waals surface area contributed by atoms with Crippen LogP contribution in [0, 0.1) is 0 Å². The highest BCUT2D eigenvalue weighted by Gasteiger charge is 2.15. The molecule has 2 aromatic heterocycles. The van der Waals surface area contributed by atoms with Crippen LogP contribution in [0.3, 0.4) is 0 Å². The van der Waals surface area contributed by atoms with Crippen LogP contribution < -0.4 is 5.32 Å². The highest BCUT2D eigenvalue weighted by molar-refractivity contribution is 9.10. The summed E-state index contributed by atoms with van der Waals surface area (Å²) in [6.07, 6.45) is 3.67. The summed E-state index contributed by atoms with van der Waals surface area (Å²) in [4.78, 5) is 15.6. The van der Waals surface area contributed by atoms with E-state index in [1.165, 1.54) is 0 Å². The minimum Gasteiger partial charge on any atom is -0.350 e. The van der Waals surface area contributed by atoms with Gasteiger partial charge in [0.25, 0.3) is 5.91 Å². The number of para-hydroxylation sites is 2. The van der Waals surface area contributed by atoms with Crippen LogP contribution in [0.4, 0.5) is 0 Å². The first-order valence-corrected chi connectivity index (χ1v) is 8.65. The molecule has 0 fully saturated rings. The normalized spacial score (nSPS) is 10.9. The molecule has 6 heteroatoms. The Hall–Kier alpha value is -2.86. The summed E-state index contributed by atoms with van der Waals surface area (Å²) in [5.74, 6) is -0.157. The van der Waals surface area contributed by atoms with E-state index in [4.69, 9.17) is 0 Å². The second-order valence-electron chi connectivity index (χ2n) is 5.67. The van der Waals surface area contributed by atoms with Gasteiger partial charge in [0, 0.05) is 29.2 Å². The molecule has 0 aliphatic rings. The third-order valence-corrected chi connectivity index (χ3v) is 4.80. The van der Waals surface area contributed by atoms with Gasteiger partial charge in [-0.15, -0.1) is 0 Å². The fourth-order valence-electron chi connectivity index (χ4n) is 2.71. The van der Waals surface area contributed by atoms with Gasteiger partial charge in [0.15, 0.2) is 0 Å². The SMILES string of the molecule is O=C(NCc1cnn(-c2ccccc2)c1)c1[nH]c2ccccc2c1Br. The topological polar surface area (TPSA) is 62.7 Å². The van der Waals surface area contributed by atoms with Gasteiger partial charge in [0.05, 0.1) is 16.4 Å². The maximum absolute atomic E-state index is 12.5. The van der Waals surface area contributed by atoms with E-state index in [1.807, 2.05) is 60.8 Å². The Bertz CT molecular complexity index is 1040. The molecule has 0 spiro atoms. The second-order valence-corrected chi connectivity index (χ2v) is 6.46. The van der Waals surface area contributed by atoms with Crippen LogP contribution >= 0.6 is 15.9 Å². The number of nitrogens with zero attached hydrogens (tertiary/aromatic N) is 2. The first-order valence-electron chi connectivity index (χ1n) is 7.86. The first-order chi connectivity index (χ1) is 12.2. The largest absolute Gasteiger partial charge is 0.350 e. The summed E-state index contributed by atoms with van der Waals surface area (Å²) in [5, 5.41) is 8.26. The Morgan fingerprint density at radius 3 is 2.68 bits per heavy atom. The average Bonchev–Trinajstić information content (AvgIpc) is 3.26. The predicted octanol–water partition coefficient (Wildman–Crippen LogP) is 4.05. The van der Waals surface area contributed by atoms with Crippen molar-refractivity contribution in [3.05, 3.63) is 82.7 Å². The molecular weight excluding hydrogens is 380 g/mol. The van der Waals surface area contributed by atoms with Crippen LogP contribution in [-0.4, -0.2) is 20.7 Å². The molecule has 0 bridgehead atoms. The van der Waals surface area contributed by atoms with Crippen molar-refractivity contribution in [3.8, 4) is 5.69 Å². The van der Waals surface area contributed by atoms with Gasteiger partial charge in [0.1, 0.15) is 5.69 Å². The van der Waals surface area contributed by atoms with Gasteiger partial charge < -0.3 is 10.3 Å². The van der Waals surface area contributed by atoms with E-state index in [2.05, 4.69) is 31.3 Å². The van der Waals surface area contributed by atoms with E-state index in [0.29, 0.717) is 12.2 Å². The third kappa shape index (κ3) is 3.08. The van der Waals surface area contributed by atoms with Crippen LogP contribution in [0.15, 0.2) is 71.5 Å². The summed E-state index contributed by atoms with van der Waals surface area (Å²) in [5.41, 5.74) is 3.37. The third-order valence-electron chi connectivity index (χ3n) is 3.98. The molecule has 0 saturated carbocycles. The van der Waals surface area contributed by atoms with Crippen LogP contribution in [0.5, 0.6) is 0 Å². The first kappa shape index (κ1) is 15.7. The highest BCUT2D eigenvalue weighted by Crippen LogP contribution is 2.27. The number of hydrogen-bond acceptors (Lipinski definition) is 2. The molecule has 5 nitrogen and oxygen atoms in total. The molecule has 2 aromatic carbocycles. The zero-order valence-electron chi connectivity index (χ0n) is 13.2. The van der Waals surface area contributed by atoms with Gasteiger partial charge in [-0.1, -0.05) is 36.4 Å². The number of aromatic nitrogens is 3. The number of rotatable bonds is 4. The van der Waals surface area contributed by atoms with Crippen molar-refractivity contribution in [1.82, 2.24) is 20.1 Å². The van der Waals surface area contributed by atoms with Crippen molar-refractivity contribution >= 4 is 32.7 Å². The summed E-state index contributed by atoms with van der Waals surface area (Å²) in [7, 11) is 0. The number of H-pyrrole nitrogens is 1. The molecule has 0 radical (unpaired) electrons. The van der Waals surface area contributed by atoms with Crippen molar-refractivity contribution in [2.75, 3.05) is 0 Å². The van der Waals surface area contributed by atoms with E-state index in [1.54, 1.807) is 10.9 Å². The summed E-state index contributed by atoms with van der Waals surface area (Å²) in [6, 6.07) is 17.7. The van der Waals surface area contributed by atoms with Crippen molar-refractivity contribution < 1.29 is 4.79 Å². The number of hydrogen-bond donors (Lipinski definition) is 2. The molecule has 1 amide bonds. The lowest BCUT2D eigenvalue weighted by atomic mass is 10.2. The van der Waals surface area contributed by atoms with Gasteiger partial charge in [0.2, 0.25) is 0 Å². The lowest BCUT2D eigenvalue weighted by Gasteiger charge is -2.02. The van der Waals surface area contributed by atoms with Crippen LogP contribution in [0.25, 0.3) is 16.6 Å². The highest BCUT2D eigenvalue weighted by atomic mass is 79.9. The minimum atomic E-state index is -0.157. The van der Waals surface area contributed by atoms with E-state index >= 15 is 0 Å². The lowest BCUT2D eigenvalue weighted by Crippen LogP contribution is -2.23. The number of fused-ring (bicyclic) bond motifs is 1. The van der Waals surface area contributed by atoms with Gasteiger partial charge in [-0.25, -0.2) is 4.68 Å². The van der Waals surface area contributed by atoms with Crippen molar-refractivity contribution in [2.24, 2.45) is 0 Å². The summed E-state index contributed by atoms with van der Waals surface area (Å²) in [6.45, 7) is 0.410. The Labute approximate surface area is 152 Å². The minimum absolute atomic E-state index is 0.157. The molecule has 4 aromatic rings. The quantitative estimate of drug-likeness (QED) is 0.548. The maximum atomic E-state index is 12.5. The maximum Gasteiger partial charge on any atom is 0.269 e. The zero-order valence-corrected chi connectivity index (χ0v) is 14.8. The Morgan fingerprint density at radius 2 is 1.88 bits per heavy atom. The van der Waals surface area contributed by atoms with Crippen LogP contribution in [0.1, 0.15) is 16.1 Å². The van der Waals surface area contributed by atoms with E-state index in [-0.39, 0.29) is 5.91 Å². The molecular formula is C19H15BrN4O. The van der Waals surface area contributed by atoms with E-state index in [0.717, 1.165) is 26.6 Å². The van der Waals surface area contributed by atoms with Gasteiger partial charge in [-0.05, 0) is 34.1 Å². The number of halogens is 1. The fraction of sp³-hybridized carbons (Fsp3) is 0.0526. The number of carbonyl (C=O) groups excluding carboxylic acids is 1. The number of benzene rings is 2. The molecule has 0 atom stereocenters. The Kier molecular flexibility index (Phi) is 4.11. The van der Waals surface area contributed by atoms with E-state index < -0.39 is 0 Å². The smallest absolute Gasteiger partial charge is 0.269 e.